The summed E-state index contributed by atoms with van der Waals surface area (Å²) in [4.78, 5) is 0. The van der Waals surface area contributed by atoms with Crippen molar-refractivity contribution in [3.8, 4) is 0 Å². The summed E-state index contributed by atoms with van der Waals surface area (Å²) < 4.78 is 44.4. The van der Waals surface area contributed by atoms with E-state index in [-0.39, 0.29) is 5.92 Å². The Morgan fingerprint density at radius 1 is 1.32 bits per heavy atom. The van der Waals surface area contributed by atoms with Crippen LogP contribution in [0.5, 0.6) is 0 Å². The van der Waals surface area contributed by atoms with E-state index in [2.05, 4.69) is 0 Å². The third kappa shape index (κ3) is 2.62. The van der Waals surface area contributed by atoms with Crippen LogP contribution >= 0.6 is 0 Å². The molecule has 5 heteroatoms. The first-order chi connectivity index (χ1) is 8.93. The van der Waals surface area contributed by atoms with Crippen molar-refractivity contribution in [2.45, 2.75) is 24.4 Å². The fourth-order valence-corrected chi connectivity index (χ4v) is 3.10. The molecule has 1 aromatic carbocycles. The minimum atomic E-state index is -4.33. The maximum absolute atomic E-state index is 13.1. The van der Waals surface area contributed by atoms with E-state index in [1.165, 1.54) is 13.2 Å². The van der Waals surface area contributed by atoms with E-state index in [1.54, 1.807) is 12.1 Å². The average Bonchev–Trinajstić information content (AvgIpc) is 2.32. The molecule has 106 valence electrons. The van der Waals surface area contributed by atoms with Crippen molar-refractivity contribution in [2.24, 2.45) is 11.7 Å². The van der Waals surface area contributed by atoms with Crippen LogP contribution in [0.4, 0.5) is 13.2 Å². The lowest BCUT2D eigenvalue weighted by Gasteiger charge is -2.48. The molecule has 2 N–H and O–H groups in total. The number of methoxy groups -OCH3 is 1. The van der Waals surface area contributed by atoms with Crippen LogP contribution in [0.3, 0.4) is 0 Å². The second-order valence-corrected chi connectivity index (χ2v) is 5.27. The predicted molar refractivity (Wildman–Crippen MR) is 66.8 cm³/mol. The predicted octanol–water partition coefficient (Wildman–Crippen LogP) is 2.96. The van der Waals surface area contributed by atoms with Crippen LogP contribution in [0.15, 0.2) is 24.3 Å². The average molecular weight is 273 g/mol. The lowest BCUT2D eigenvalue weighted by atomic mass is 9.58. The van der Waals surface area contributed by atoms with Gasteiger partial charge in [-0.1, -0.05) is 18.2 Å². The molecule has 0 aromatic heterocycles. The van der Waals surface area contributed by atoms with Gasteiger partial charge in [-0.25, -0.2) is 0 Å². The van der Waals surface area contributed by atoms with Gasteiger partial charge in [-0.3, -0.25) is 0 Å². The summed E-state index contributed by atoms with van der Waals surface area (Å²) in [5, 5.41) is 0. The molecule has 0 spiro atoms. The van der Waals surface area contributed by atoms with Crippen LogP contribution < -0.4 is 5.73 Å². The van der Waals surface area contributed by atoms with Crippen molar-refractivity contribution in [3.05, 3.63) is 35.4 Å². The van der Waals surface area contributed by atoms with Gasteiger partial charge >= 0.3 is 6.18 Å². The molecule has 0 atom stereocenters. The van der Waals surface area contributed by atoms with E-state index in [9.17, 15) is 13.2 Å². The molecule has 19 heavy (non-hydrogen) atoms. The maximum atomic E-state index is 13.1. The fraction of sp³-hybridized carbons (Fsp3) is 0.571. The summed E-state index contributed by atoms with van der Waals surface area (Å²) in [6, 6.07) is 5.78. The fourth-order valence-electron chi connectivity index (χ4n) is 3.10. The number of nitrogens with two attached hydrogens (primary N) is 1. The van der Waals surface area contributed by atoms with Crippen molar-refractivity contribution in [1.29, 1.82) is 0 Å². The minimum Gasteiger partial charge on any atom is -0.384 e. The van der Waals surface area contributed by atoms with E-state index in [0.29, 0.717) is 31.6 Å². The Labute approximate surface area is 110 Å². The summed E-state index contributed by atoms with van der Waals surface area (Å²) in [6.07, 6.45) is -3.01. The second kappa shape index (κ2) is 5.13. The van der Waals surface area contributed by atoms with Gasteiger partial charge in [-0.2, -0.15) is 13.2 Å². The first kappa shape index (κ1) is 14.3. The minimum absolute atomic E-state index is 0.288. The molecule has 0 bridgehead atoms. The Morgan fingerprint density at radius 2 is 1.95 bits per heavy atom. The lowest BCUT2D eigenvalue weighted by Crippen LogP contribution is -2.48. The topological polar surface area (TPSA) is 35.2 Å². The van der Waals surface area contributed by atoms with Crippen molar-refractivity contribution in [1.82, 2.24) is 0 Å². The van der Waals surface area contributed by atoms with Gasteiger partial charge in [-0.15, -0.1) is 0 Å². The van der Waals surface area contributed by atoms with E-state index in [4.69, 9.17) is 10.5 Å². The van der Waals surface area contributed by atoms with Crippen LogP contribution in [0, 0.1) is 5.92 Å². The molecule has 1 aliphatic rings. The summed E-state index contributed by atoms with van der Waals surface area (Å²) in [6.45, 7) is 0.816. The van der Waals surface area contributed by atoms with Crippen LogP contribution in [-0.4, -0.2) is 20.3 Å². The zero-order valence-electron chi connectivity index (χ0n) is 10.8. The molecule has 1 aromatic rings. The van der Waals surface area contributed by atoms with Crippen LogP contribution in [0.2, 0.25) is 0 Å². The van der Waals surface area contributed by atoms with Crippen molar-refractivity contribution in [2.75, 3.05) is 20.3 Å². The SMILES string of the molecule is COCC1(c2ccccc2C(F)(F)F)CC(CN)C1. The highest BCUT2D eigenvalue weighted by Crippen LogP contribution is 2.50. The summed E-state index contributed by atoms with van der Waals surface area (Å²) in [5.41, 5.74) is 4.84. The molecule has 2 rings (SSSR count). The molecule has 0 amide bonds. The van der Waals surface area contributed by atoms with Crippen molar-refractivity contribution < 1.29 is 17.9 Å². The zero-order chi connectivity index (χ0) is 14.1. The Balaban J connectivity index is 2.39. The Hall–Kier alpha value is -1.07. The van der Waals surface area contributed by atoms with E-state index in [0.717, 1.165) is 6.07 Å². The zero-order valence-corrected chi connectivity index (χ0v) is 10.8. The Morgan fingerprint density at radius 3 is 2.47 bits per heavy atom. The van der Waals surface area contributed by atoms with Gasteiger partial charge in [0, 0.05) is 12.5 Å². The van der Waals surface area contributed by atoms with Gasteiger partial charge in [0.2, 0.25) is 0 Å². The van der Waals surface area contributed by atoms with Gasteiger partial charge in [0.05, 0.1) is 12.2 Å². The van der Waals surface area contributed by atoms with Crippen LogP contribution in [0.1, 0.15) is 24.0 Å². The Bertz CT molecular complexity index is 439. The summed E-state index contributed by atoms with van der Waals surface area (Å²) in [7, 11) is 1.52. The smallest absolute Gasteiger partial charge is 0.384 e. The number of hydrogen-bond donors (Lipinski definition) is 1. The van der Waals surface area contributed by atoms with Gasteiger partial charge in [0.1, 0.15) is 0 Å². The third-order valence-corrected chi connectivity index (χ3v) is 3.92. The molecule has 0 heterocycles. The Kier molecular flexibility index (Phi) is 3.87. The first-order valence-corrected chi connectivity index (χ1v) is 6.28. The highest BCUT2D eigenvalue weighted by atomic mass is 19.4. The molecule has 0 unspecified atom stereocenters. The standard InChI is InChI=1S/C14H18F3NO/c1-19-9-13(6-10(7-13)8-18)11-4-2-3-5-12(11)14(15,16)17/h2-5,10H,6-9,18H2,1H3. The number of hydrogen-bond acceptors (Lipinski definition) is 2. The molecule has 0 saturated heterocycles. The molecule has 1 aliphatic carbocycles. The maximum Gasteiger partial charge on any atom is 0.416 e. The van der Waals surface area contributed by atoms with Gasteiger partial charge < -0.3 is 10.5 Å². The van der Waals surface area contributed by atoms with Crippen LogP contribution in [-0.2, 0) is 16.3 Å². The summed E-state index contributed by atoms with van der Waals surface area (Å²) in [5.74, 6) is 0.288. The molecule has 0 aliphatic heterocycles. The number of halogens is 3. The highest BCUT2D eigenvalue weighted by Gasteiger charge is 2.49. The third-order valence-electron chi connectivity index (χ3n) is 3.92. The van der Waals surface area contributed by atoms with E-state index < -0.39 is 17.2 Å². The van der Waals surface area contributed by atoms with Gasteiger partial charge in [0.15, 0.2) is 0 Å². The summed E-state index contributed by atoms with van der Waals surface area (Å²) >= 11 is 0. The van der Waals surface area contributed by atoms with E-state index in [1.807, 2.05) is 0 Å². The molecule has 2 nitrogen and oxygen atoms in total. The van der Waals surface area contributed by atoms with Gasteiger partial charge in [0.25, 0.3) is 0 Å². The number of benzene rings is 1. The highest BCUT2D eigenvalue weighted by molar-refractivity contribution is 5.38. The molecule has 0 radical (unpaired) electrons. The second-order valence-electron chi connectivity index (χ2n) is 5.27. The van der Waals surface area contributed by atoms with E-state index >= 15 is 0 Å². The van der Waals surface area contributed by atoms with Crippen LogP contribution in [0.25, 0.3) is 0 Å². The lowest BCUT2D eigenvalue weighted by molar-refractivity contribution is -0.139. The van der Waals surface area contributed by atoms with Crippen molar-refractivity contribution >= 4 is 0 Å². The molecule has 1 saturated carbocycles. The first-order valence-electron chi connectivity index (χ1n) is 6.28. The number of ether oxygens (including phenoxy) is 1. The number of rotatable bonds is 4. The largest absolute Gasteiger partial charge is 0.416 e. The number of alkyl halides is 3. The normalized spacial score (nSPS) is 27.1. The molecular formula is C14H18F3NO. The molecule has 1 fully saturated rings. The quantitative estimate of drug-likeness (QED) is 0.915. The van der Waals surface area contributed by atoms with Gasteiger partial charge in [-0.05, 0) is 36.9 Å². The van der Waals surface area contributed by atoms with Crippen molar-refractivity contribution in [3.63, 3.8) is 0 Å². The monoisotopic (exact) mass is 273 g/mol. The molecular weight excluding hydrogens is 255 g/mol.